The maximum Gasteiger partial charge on any atom is 0.242 e. The first-order valence-electron chi connectivity index (χ1n) is 6.60. The number of aryl methyl sites for hydroxylation is 2. The maximum atomic E-state index is 5.96. The molecule has 0 aliphatic rings. The van der Waals surface area contributed by atoms with Crippen molar-refractivity contribution in [3.05, 3.63) is 59.4 Å². The summed E-state index contributed by atoms with van der Waals surface area (Å²) in [6.07, 6.45) is 1.94. The summed E-state index contributed by atoms with van der Waals surface area (Å²) in [7, 11) is 0. The first-order valence-corrected chi connectivity index (χ1v) is 6.60. The van der Waals surface area contributed by atoms with E-state index in [1.165, 1.54) is 5.56 Å². The van der Waals surface area contributed by atoms with Crippen molar-refractivity contribution in [3.63, 3.8) is 0 Å². The molecule has 0 bridgehead atoms. The van der Waals surface area contributed by atoms with Crippen LogP contribution in [0.3, 0.4) is 0 Å². The molecular formula is C16H17N3O. The van der Waals surface area contributed by atoms with Crippen molar-refractivity contribution in [2.75, 3.05) is 0 Å². The van der Waals surface area contributed by atoms with Crippen molar-refractivity contribution in [2.24, 2.45) is 5.73 Å². The van der Waals surface area contributed by atoms with Gasteiger partial charge >= 0.3 is 0 Å². The molecule has 4 nitrogen and oxygen atoms in total. The molecule has 0 aliphatic carbocycles. The third-order valence-corrected chi connectivity index (χ3v) is 3.32. The lowest BCUT2D eigenvalue weighted by atomic mass is 10.1. The minimum absolute atomic E-state index is 0.380. The van der Waals surface area contributed by atoms with Crippen molar-refractivity contribution >= 4 is 5.65 Å². The Morgan fingerprint density at radius 1 is 1.20 bits per heavy atom. The van der Waals surface area contributed by atoms with Gasteiger partial charge in [0.15, 0.2) is 0 Å². The highest BCUT2D eigenvalue weighted by Gasteiger charge is 2.13. The molecule has 2 aromatic heterocycles. The molecule has 4 heteroatoms. The zero-order valence-corrected chi connectivity index (χ0v) is 11.6. The summed E-state index contributed by atoms with van der Waals surface area (Å²) >= 11 is 0. The Kier molecular flexibility index (Phi) is 3.16. The van der Waals surface area contributed by atoms with Gasteiger partial charge in [-0.3, -0.25) is 4.40 Å². The van der Waals surface area contributed by atoms with Gasteiger partial charge in [0.05, 0.1) is 0 Å². The van der Waals surface area contributed by atoms with Crippen molar-refractivity contribution < 1.29 is 4.74 Å². The van der Waals surface area contributed by atoms with Crippen LogP contribution in [-0.2, 0) is 6.54 Å². The third-order valence-electron chi connectivity index (χ3n) is 3.32. The molecule has 20 heavy (non-hydrogen) atoms. The van der Waals surface area contributed by atoms with Gasteiger partial charge in [0.25, 0.3) is 0 Å². The smallest absolute Gasteiger partial charge is 0.242 e. The van der Waals surface area contributed by atoms with Crippen LogP contribution in [0.15, 0.2) is 42.6 Å². The van der Waals surface area contributed by atoms with Gasteiger partial charge in [-0.05, 0) is 37.6 Å². The highest BCUT2D eigenvalue weighted by atomic mass is 16.5. The van der Waals surface area contributed by atoms with E-state index in [9.17, 15) is 0 Å². The van der Waals surface area contributed by atoms with E-state index in [1.807, 2.05) is 47.9 Å². The standard InChI is InChI=1S/C16H17N3O/c1-11-6-7-14(12(2)9-11)20-16-13(10-17)19-8-4-3-5-15(19)18-16/h3-9H,10,17H2,1-2H3. The second-order valence-corrected chi connectivity index (χ2v) is 4.87. The van der Waals surface area contributed by atoms with Crippen LogP contribution in [-0.4, -0.2) is 9.38 Å². The number of fused-ring (bicyclic) bond motifs is 1. The van der Waals surface area contributed by atoms with E-state index in [0.717, 1.165) is 22.7 Å². The molecule has 0 aliphatic heterocycles. The molecular weight excluding hydrogens is 250 g/mol. The van der Waals surface area contributed by atoms with Gasteiger partial charge in [0.1, 0.15) is 17.1 Å². The van der Waals surface area contributed by atoms with Crippen LogP contribution in [0.1, 0.15) is 16.8 Å². The van der Waals surface area contributed by atoms with E-state index in [0.29, 0.717) is 12.4 Å². The Balaban J connectivity index is 2.06. The van der Waals surface area contributed by atoms with Gasteiger partial charge in [-0.15, -0.1) is 0 Å². The minimum Gasteiger partial charge on any atom is -0.437 e. The average molecular weight is 267 g/mol. The summed E-state index contributed by atoms with van der Waals surface area (Å²) < 4.78 is 7.92. The molecule has 2 N–H and O–H groups in total. The van der Waals surface area contributed by atoms with E-state index in [1.54, 1.807) is 0 Å². The fourth-order valence-corrected chi connectivity index (χ4v) is 2.31. The van der Waals surface area contributed by atoms with E-state index in [4.69, 9.17) is 10.5 Å². The Morgan fingerprint density at radius 2 is 2.05 bits per heavy atom. The third kappa shape index (κ3) is 2.14. The highest BCUT2D eigenvalue weighted by molar-refractivity contribution is 5.47. The number of hydrogen-bond donors (Lipinski definition) is 1. The van der Waals surface area contributed by atoms with Crippen molar-refractivity contribution in [1.82, 2.24) is 9.38 Å². The number of benzene rings is 1. The summed E-state index contributed by atoms with van der Waals surface area (Å²) in [5, 5.41) is 0. The zero-order chi connectivity index (χ0) is 14.1. The lowest BCUT2D eigenvalue weighted by Crippen LogP contribution is -2.02. The Bertz CT molecular complexity index is 762. The summed E-state index contributed by atoms with van der Waals surface area (Å²) in [5.41, 5.74) is 9.85. The van der Waals surface area contributed by atoms with E-state index in [2.05, 4.69) is 18.0 Å². The van der Waals surface area contributed by atoms with Crippen LogP contribution >= 0.6 is 0 Å². The van der Waals surface area contributed by atoms with E-state index >= 15 is 0 Å². The largest absolute Gasteiger partial charge is 0.437 e. The second-order valence-electron chi connectivity index (χ2n) is 4.87. The molecule has 0 saturated carbocycles. The monoisotopic (exact) mass is 267 g/mol. The lowest BCUT2D eigenvalue weighted by molar-refractivity contribution is 0.456. The minimum atomic E-state index is 0.380. The molecule has 0 saturated heterocycles. The average Bonchev–Trinajstić information content (AvgIpc) is 2.79. The van der Waals surface area contributed by atoms with Crippen LogP contribution in [0.4, 0.5) is 0 Å². The SMILES string of the molecule is Cc1ccc(Oc2nc3ccccn3c2CN)c(C)c1. The normalized spacial score (nSPS) is 10.9. The Labute approximate surface area is 117 Å². The van der Waals surface area contributed by atoms with Gasteiger partial charge in [0.2, 0.25) is 5.88 Å². The number of hydrogen-bond acceptors (Lipinski definition) is 3. The number of ether oxygens (including phenoxy) is 1. The molecule has 0 radical (unpaired) electrons. The molecule has 0 spiro atoms. The summed E-state index contributed by atoms with van der Waals surface area (Å²) in [5.74, 6) is 1.39. The van der Waals surface area contributed by atoms with Gasteiger partial charge in [-0.1, -0.05) is 23.8 Å². The predicted octanol–water partition coefficient (Wildman–Crippen LogP) is 3.20. The molecule has 0 fully saturated rings. The summed E-state index contributed by atoms with van der Waals surface area (Å²) in [4.78, 5) is 4.50. The van der Waals surface area contributed by atoms with Crippen molar-refractivity contribution in [3.8, 4) is 11.6 Å². The summed E-state index contributed by atoms with van der Waals surface area (Å²) in [6, 6.07) is 11.9. The Morgan fingerprint density at radius 3 is 2.80 bits per heavy atom. The molecule has 1 aromatic carbocycles. The molecule has 0 atom stereocenters. The van der Waals surface area contributed by atoms with Crippen molar-refractivity contribution in [1.29, 1.82) is 0 Å². The molecule has 3 rings (SSSR count). The number of nitrogens with two attached hydrogens (primary N) is 1. The molecule has 3 aromatic rings. The topological polar surface area (TPSA) is 52.5 Å². The quantitative estimate of drug-likeness (QED) is 0.792. The molecule has 102 valence electrons. The number of imidazole rings is 1. The number of rotatable bonds is 3. The van der Waals surface area contributed by atoms with Crippen LogP contribution in [0.2, 0.25) is 0 Å². The first kappa shape index (κ1) is 12.7. The second kappa shape index (κ2) is 4.98. The zero-order valence-electron chi connectivity index (χ0n) is 11.6. The number of nitrogens with zero attached hydrogens (tertiary/aromatic N) is 2. The maximum absolute atomic E-state index is 5.96. The van der Waals surface area contributed by atoms with Gasteiger partial charge in [0, 0.05) is 12.7 Å². The molecule has 0 amide bonds. The van der Waals surface area contributed by atoms with Crippen LogP contribution in [0.5, 0.6) is 11.6 Å². The van der Waals surface area contributed by atoms with Gasteiger partial charge < -0.3 is 10.5 Å². The first-order chi connectivity index (χ1) is 9.69. The van der Waals surface area contributed by atoms with Crippen LogP contribution < -0.4 is 10.5 Å². The van der Waals surface area contributed by atoms with E-state index < -0.39 is 0 Å². The number of aromatic nitrogens is 2. The van der Waals surface area contributed by atoms with Crippen LogP contribution in [0.25, 0.3) is 5.65 Å². The van der Waals surface area contributed by atoms with Gasteiger partial charge in [-0.2, -0.15) is 4.98 Å². The molecule has 2 heterocycles. The van der Waals surface area contributed by atoms with Crippen molar-refractivity contribution in [2.45, 2.75) is 20.4 Å². The predicted molar refractivity (Wildman–Crippen MR) is 79.1 cm³/mol. The van der Waals surface area contributed by atoms with Crippen LogP contribution in [0, 0.1) is 13.8 Å². The highest BCUT2D eigenvalue weighted by Crippen LogP contribution is 2.28. The fourth-order valence-electron chi connectivity index (χ4n) is 2.31. The van der Waals surface area contributed by atoms with Gasteiger partial charge in [-0.25, -0.2) is 0 Å². The van der Waals surface area contributed by atoms with E-state index in [-0.39, 0.29) is 0 Å². The lowest BCUT2D eigenvalue weighted by Gasteiger charge is -2.08. The fraction of sp³-hybridized carbons (Fsp3) is 0.188. The summed E-state index contributed by atoms with van der Waals surface area (Å²) in [6.45, 7) is 4.47. The Hall–Kier alpha value is -2.33. The molecule has 0 unspecified atom stereocenters. The number of pyridine rings is 1.